The van der Waals surface area contributed by atoms with Crippen molar-refractivity contribution in [3.05, 3.63) is 35.4 Å². The third-order valence-electron chi connectivity index (χ3n) is 3.07. The zero-order valence-electron chi connectivity index (χ0n) is 7.90. The number of aliphatic hydroxyl groups is 1. The van der Waals surface area contributed by atoms with Crippen LogP contribution in [-0.2, 0) is 11.2 Å². The molecule has 0 amide bonds. The fourth-order valence-corrected chi connectivity index (χ4v) is 2.08. The lowest BCUT2D eigenvalue weighted by atomic mass is 9.90. The smallest absolute Gasteiger partial charge is 0.336 e. The van der Waals surface area contributed by atoms with Crippen LogP contribution in [0.3, 0.4) is 0 Å². The molecule has 2 N–H and O–H groups in total. The fraction of sp³-hybridized carbons (Fsp3) is 0.364. The molecule has 3 nitrogen and oxygen atoms in total. The van der Waals surface area contributed by atoms with E-state index in [1.165, 1.54) is 0 Å². The summed E-state index contributed by atoms with van der Waals surface area (Å²) in [6.07, 6.45) is 0.208. The number of hydrogen-bond donors (Lipinski definition) is 2. The van der Waals surface area contributed by atoms with Crippen LogP contribution in [-0.4, -0.2) is 21.8 Å². The molecule has 3 heteroatoms. The zero-order chi connectivity index (χ0) is 10.3. The highest BCUT2D eigenvalue weighted by molar-refractivity contribution is 5.80. The van der Waals surface area contributed by atoms with Crippen LogP contribution in [0.1, 0.15) is 24.0 Å². The van der Waals surface area contributed by atoms with E-state index >= 15 is 0 Å². The number of carboxylic acids is 1. The Bertz CT molecular complexity index is 386. The van der Waals surface area contributed by atoms with Crippen molar-refractivity contribution >= 4 is 5.97 Å². The molecule has 74 valence electrons. The van der Waals surface area contributed by atoms with Gasteiger partial charge >= 0.3 is 5.97 Å². The normalized spacial score (nSPS) is 30.0. The Morgan fingerprint density at radius 3 is 2.71 bits per heavy atom. The van der Waals surface area contributed by atoms with Gasteiger partial charge in [0.2, 0.25) is 0 Å². The quantitative estimate of drug-likeness (QED) is 0.702. The van der Waals surface area contributed by atoms with Crippen LogP contribution in [0, 0.1) is 0 Å². The van der Waals surface area contributed by atoms with Gasteiger partial charge in [0, 0.05) is 12.3 Å². The molecule has 2 atom stereocenters. The maximum Gasteiger partial charge on any atom is 0.336 e. The maximum absolute atomic E-state index is 11.0. The molecule has 0 radical (unpaired) electrons. The number of benzene rings is 1. The Morgan fingerprint density at radius 2 is 2.14 bits per heavy atom. The van der Waals surface area contributed by atoms with E-state index in [0.29, 0.717) is 0 Å². The molecule has 0 aliphatic heterocycles. The average Bonchev–Trinajstić information content (AvgIpc) is 2.42. The summed E-state index contributed by atoms with van der Waals surface area (Å²) in [7, 11) is 0. The van der Waals surface area contributed by atoms with E-state index in [-0.39, 0.29) is 12.3 Å². The van der Waals surface area contributed by atoms with E-state index in [1.807, 2.05) is 24.3 Å². The van der Waals surface area contributed by atoms with Crippen LogP contribution < -0.4 is 0 Å². The van der Waals surface area contributed by atoms with Gasteiger partial charge < -0.3 is 10.2 Å². The number of rotatable bonds is 1. The fourth-order valence-electron chi connectivity index (χ4n) is 2.08. The lowest BCUT2D eigenvalue weighted by molar-refractivity contribution is -0.159. The molecular formula is C11H12O3. The van der Waals surface area contributed by atoms with Crippen LogP contribution in [0.4, 0.5) is 0 Å². The van der Waals surface area contributed by atoms with Crippen molar-refractivity contribution in [1.29, 1.82) is 0 Å². The standard InChI is InChI=1S/C11H12O3/c1-7-9-5-3-2-4-8(9)6-11(7,14)10(12)13/h2-5,7,14H,6H2,1H3,(H,12,13). The number of fused-ring (bicyclic) bond motifs is 1. The summed E-state index contributed by atoms with van der Waals surface area (Å²) in [4.78, 5) is 11.0. The summed E-state index contributed by atoms with van der Waals surface area (Å²) >= 11 is 0. The van der Waals surface area contributed by atoms with E-state index in [1.54, 1.807) is 6.92 Å². The maximum atomic E-state index is 11.0. The van der Waals surface area contributed by atoms with Gasteiger partial charge in [-0.05, 0) is 11.1 Å². The summed E-state index contributed by atoms with van der Waals surface area (Å²) in [6.45, 7) is 1.75. The summed E-state index contributed by atoms with van der Waals surface area (Å²) in [6, 6.07) is 7.47. The Hall–Kier alpha value is -1.35. The third-order valence-corrected chi connectivity index (χ3v) is 3.07. The Morgan fingerprint density at radius 1 is 1.50 bits per heavy atom. The molecule has 1 aromatic carbocycles. The second-order valence-corrected chi connectivity index (χ2v) is 3.83. The molecule has 1 aromatic rings. The van der Waals surface area contributed by atoms with Gasteiger partial charge in [0.15, 0.2) is 5.60 Å². The molecule has 0 saturated heterocycles. The minimum absolute atomic E-state index is 0.208. The number of carboxylic acid groups (broad SMARTS) is 1. The van der Waals surface area contributed by atoms with Crippen LogP contribution in [0.25, 0.3) is 0 Å². The van der Waals surface area contributed by atoms with Crippen molar-refractivity contribution in [2.75, 3.05) is 0 Å². The molecule has 2 unspecified atom stereocenters. The van der Waals surface area contributed by atoms with Gasteiger partial charge in [-0.3, -0.25) is 0 Å². The molecule has 0 saturated carbocycles. The molecule has 1 aliphatic carbocycles. The van der Waals surface area contributed by atoms with E-state index in [4.69, 9.17) is 5.11 Å². The molecule has 0 bridgehead atoms. The molecule has 1 aliphatic rings. The highest BCUT2D eigenvalue weighted by atomic mass is 16.4. The first-order valence-electron chi connectivity index (χ1n) is 4.59. The SMILES string of the molecule is CC1c2ccccc2CC1(O)C(=O)O. The van der Waals surface area contributed by atoms with Crippen LogP contribution in [0.2, 0.25) is 0 Å². The Kier molecular flexibility index (Phi) is 1.86. The molecular weight excluding hydrogens is 180 g/mol. The lowest BCUT2D eigenvalue weighted by Gasteiger charge is -2.22. The van der Waals surface area contributed by atoms with Crippen molar-refractivity contribution in [1.82, 2.24) is 0 Å². The van der Waals surface area contributed by atoms with E-state index < -0.39 is 11.6 Å². The van der Waals surface area contributed by atoms with Crippen molar-refractivity contribution in [2.24, 2.45) is 0 Å². The summed E-state index contributed by atoms with van der Waals surface area (Å²) in [5, 5.41) is 18.9. The van der Waals surface area contributed by atoms with Gasteiger partial charge in [0.1, 0.15) is 0 Å². The minimum Gasteiger partial charge on any atom is -0.479 e. The van der Waals surface area contributed by atoms with Crippen molar-refractivity contribution < 1.29 is 15.0 Å². The molecule has 0 fully saturated rings. The topological polar surface area (TPSA) is 57.5 Å². The molecule has 0 spiro atoms. The number of carbonyl (C=O) groups is 1. The van der Waals surface area contributed by atoms with E-state index in [2.05, 4.69) is 0 Å². The summed E-state index contributed by atoms with van der Waals surface area (Å²) in [5.74, 6) is -1.47. The predicted molar refractivity (Wildman–Crippen MR) is 51.1 cm³/mol. The van der Waals surface area contributed by atoms with Gasteiger partial charge in [0.25, 0.3) is 0 Å². The molecule has 14 heavy (non-hydrogen) atoms. The number of aliphatic carboxylic acids is 1. The van der Waals surface area contributed by atoms with Crippen LogP contribution in [0.15, 0.2) is 24.3 Å². The van der Waals surface area contributed by atoms with Crippen molar-refractivity contribution in [2.45, 2.75) is 24.9 Å². The minimum atomic E-state index is -1.62. The first-order valence-corrected chi connectivity index (χ1v) is 4.59. The lowest BCUT2D eigenvalue weighted by Crippen LogP contribution is -2.41. The monoisotopic (exact) mass is 192 g/mol. The summed E-state index contributed by atoms with van der Waals surface area (Å²) < 4.78 is 0. The predicted octanol–water partition coefficient (Wildman–Crippen LogP) is 1.16. The van der Waals surface area contributed by atoms with Crippen molar-refractivity contribution in [3.8, 4) is 0 Å². The van der Waals surface area contributed by atoms with Gasteiger partial charge in [-0.25, -0.2) is 4.79 Å². The second-order valence-electron chi connectivity index (χ2n) is 3.83. The molecule has 0 aromatic heterocycles. The van der Waals surface area contributed by atoms with Gasteiger partial charge in [0.05, 0.1) is 0 Å². The highest BCUT2D eigenvalue weighted by Gasteiger charge is 2.48. The van der Waals surface area contributed by atoms with Crippen LogP contribution in [0.5, 0.6) is 0 Å². The Balaban J connectivity index is 2.48. The third kappa shape index (κ3) is 1.06. The zero-order valence-corrected chi connectivity index (χ0v) is 7.90. The van der Waals surface area contributed by atoms with Gasteiger partial charge in [-0.1, -0.05) is 31.2 Å². The molecule has 0 heterocycles. The van der Waals surface area contributed by atoms with Gasteiger partial charge in [-0.2, -0.15) is 0 Å². The van der Waals surface area contributed by atoms with E-state index in [9.17, 15) is 9.90 Å². The van der Waals surface area contributed by atoms with Gasteiger partial charge in [-0.15, -0.1) is 0 Å². The Labute approximate surface area is 82.0 Å². The van der Waals surface area contributed by atoms with Crippen molar-refractivity contribution in [3.63, 3.8) is 0 Å². The first-order chi connectivity index (χ1) is 6.55. The van der Waals surface area contributed by atoms with Crippen LogP contribution >= 0.6 is 0 Å². The average molecular weight is 192 g/mol. The summed E-state index contributed by atoms with van der Waals surface area (Å²) in [5.41, 5.74) is 0.256. The second kappa shape index (κ2) is 2.82. The first kappa shape index (κ1) is 9.21. The number of hydrogen-bond acceptors (Lipinski definition) is 2. The molecule has 2 rings (SSSR count). The largest absolute Gasteiger partial charge is 0.479 e. The van der Waals surface area contributed by atoms with E-state index in [0.717, 1.165) is 11.1 Å². The highest BCUT2D eigenvalue weighted by Crippen LogP contribution is 2.40.